The van der Waals surface area contributed by atoms with Crippen molar-refractivity contribution in [2.45, 2.75) is 60.5 Å². The van der Waals surface area contributed by atoms with Crippen molar-refractivity contribution >= 4 is 5.82 Å². The summed E-state index contributed by atoms with van der Waals surface area (Å²) < 4.78 is 4.02. The minimum Gasteiger partial charge on any atom is -0.368 e. The molecule has 0 aliphatic carbocycles. The van der Waals surface area contributed by atoms with Crippen LogP contribution in [-0.4, -0.2) is 36.1 Å². The van der Waals surface area contributed by atoms with Gasteiger partial charge in [0.15, 0.2) is 0 Å². The summed E-state index contributed by atoms with van der Waals surface area (Å²) in [6.07, 6.45) is 1.99. The zero-order chi connectivity index (χ0) is 19.6. The van der Waals surface area contributed by atoms with Gasteiger partial charge in [0, 0.05) is 37.0 Å². The molecule has 0 unspecified atom stereocenters. The fraction of sp³-hybridized carbons (Fsp3) is 0.500. The molecule has 0 aromatic carbocycles. The van der Waals surface area contributed by atoms with Crippen LogP contribution >= 0.6 is 0 Å². The SMILES string of the molecule is Cc1ccn(CCNc2cc([C@@H](C)Cn3nc(C)c(C)c3C)nc(C)n2)n1. The van der Waals surface area contributed by atoms with Gasteiger partial charge in [-0.25, -0.2) is 9.97 Å². The van der Waals surface area contributed by atoms with Crippen LogP contribution in [0, 0.1) is 34.6 Å². The molecule has 144 valence electrons. The fourth-order valence-corrected chi connectivity index (χ4v) is 3.14. The largest absolute Gasteiger partial charge is 0.368 e. The van der Waals surface area contributed by atoms with Crippen molar-refractivity contribution in [3.8, 4) is 0 Å². The molecular weight excluding hydrogens is 338 g/mol. The van der Waals surface area contributed by atoms with Crippen LogP contribution in [0.4, 0.5) is 5.82 Å². The molecule has 0 amide bonds. The van der Waals surface area contributed by atoms with E-state index in [2.05, 4.69) is 57.9 Å². The van der Waals surface area contributed by atoms with E-state index in [0.29, 0.717) is 0 Å². The first-order chi connectivity index (χ1) is 12.8. The van der Waals surface area contributed by atoms with E-state index >= 15 is 0 Å². The molecule has 1 atom stereocenters. The predicted octanol–water partition coefficient (Wildman–Crippen LogP) is 3.33. The Labute approximate surface area is 160 Å². The maximum absolute atomic E-state index is 4.65. The van der Waals surface area contributed by atoms with Gasteiger partial charge < -0.3 is 5.32 Å². The van der Waals surface area contributed by atoms with Crippen molar-refractivity contribution in [2.24, 2.45) is 0 Å². The number of anilines is 1. The summed E-state index contributed by atoms with van der Waals surface area (Å²) in [5.41, 5.74) is 5.64. The number of hydrogen-bond donors (Lipinski definition) is 1. The Morgan fingerprint density at radius 2 is 1.85 bits per heavy atom. The normalized spacial score (nSPS) is 12.4. The van der Waals surface area contributed by atoms with Gasteiger partial charge >= 0.3 is 0 Å². The second-order valence-electron chi connectivity index (χ2n) is 7.25. The van der Waals surface area contributed by atoms with Crippen LogP contribution in [0.15, 0.2) is 18.3 Å². The molecule has 0 saturated heterocycles. The van der Waals surface area contributed by atoms with Crippen LogP contribution in [0.1, 0.15) is 47.0 Å². The third-order valence-corrected chi connectivity index (χ3v) is 4.97. The number of hydrogen-bond acceptors (Lipinski definition) is 5. The van der Waals surface area contributed by atoms with Crippen LogP contribution in [0.3, 0.4) is 0 Å². The first kappa shape index (κ1) is 19.1. The average Bonchev–Trinajstić information content (AvgIpc) is 3.13. The highest BCUT2D eigenvalue weighted by atomic mass is 15.3. The zero-order valence-corrected chi connectivity index (χ0v) is 17.1. The first-order valence-electron chi connectivity index (χ1n) is 9.43. The molecule has 0 aliphatic heterocycles. The summed E-state index contributed by atoms with van der Waals surface area (Å²) in [6, 6.07) is 4.06. The standard InChI is InChI=1S/C20H29N7/c1-13(12-27-17(5)15(3)16(4)25-27)19-11-20(23-18(6)22-19)21-8-10-26-9-7-14(2)24-26/h7,9,11,13H,8,10,12H2,1-6H3,(H,21,22,23)/t13-/m0/s1. The lowest BCUT2D eigenvalue weighted by Gasteiger charge is -2.15. The van der Waals surface area contributed by atoms with Crippen LogP contribution < -0.4 is 5.32 Å². The molecule has 0 fully saturated rings. The fourth-order valence-electron chi connectivity index (χ4n) is 3.14. The Bertz CT molecular complexity index is 923. The Kier molecular flexibility index (Phi) is 5.58. The molecule has 27 heavy (non-hydrogen) atoms. The predicted molar refractivity (Wildman–Crippen MR) is 107 cm³/mol. The van der Waals surface area contributed by atoms with Gasteiger partial charge in [0.1, 0.15) is 11.6 Å². The van der Waals surface area contributed by atoms with Gasteiger partial charge in [0.25, 0.3) is 0 Å². The lowest BCUT2D eigenvalue weighted by molar-refractivity contribution is 0.519. The third kappa shape index (κ3) is 4.53. The summed E-state index contributed by atoms with van der Waals surface area (Å²) in [6.45, 7) is 14.8. The first-order valence-corrected chi connectivity index (χ1v) is 9.43. The summed E-state index contributed by atoms with van der Waals surface area (Å²) in [5, 5.41) is 12.4. The molecule has 7 nitrogen and oxygen atoms in total. The highest BCUT2D eigenvalue weighted by molar-refractivity contribution is 5.37. The van der Waals surface area contributed by atoms with Crippen LogP contribution in [0.5, 0.6) is 0 Å². The lowest BCUT2D eigenvalue weighted by Crippen LogP contribution is -2.15. The molecule has 0 radical (unpaired) electrons. The van der Waals surface area contributed by atoms with Crippen molar-refractivity contribution in [3.05, 3.63) is 52.5 Å². The van der Waals surface area contributed by atoms with Crippen LogP contribution in [-0.2, 0) is 13.1 Å². The Morgan fingerprint density at radius 1 is 1.07 bits per heavy atom. The Balaban J connectivity index is 1.67. The number of nitrogens with one attached hydrogen (secondary N) is 1. The maximum Gasteiger partial charge on any atom is 0.129 e. The van der Waals surface area contributed by atoms with E-state index in [0.717, 1.165) is 48.4 Å². The minimum absolute atomic E-state index is 0.249. The quantitative estimate of drug-likeness (QED) is 0.693. The molecular formula is C20H29N7. The summed E-state index contributed by atoms with van der Waals surface area (Å²) in [7, 11) is 0. The average molecular weight is 368 g/mol. The molecule has 3 aromatic heterocycles. The summed E-state index contributed by atoms with van der Waals surface area (Å²) in [4.78, 5) is 9.17. The highest BCUT2D eigenvalue weighted by Gasteiger charge is 2.14. The van der Waals surface area contributed by atoms with Crippen molar-refractivity contribution in [1.82, 2.24) is 29.5 Å². The minimum atomic E-state index is 0.249. The van der Waals surface area contributed by atoms with E-state index in [1.54, 1.807) is 0 Å². The highest BCUT2D eigenvalue weighted by Crippen LogP contribution is 2.20. The third-order valence-electron chi connectivity index (χ3n) is 4.97. The van der Waals surface area contributed by atoms with Crippen molar-refractivity contribution < 1.29 is 0 Å². The monoisotopic (exact) mass is 367 g/mol. The molecule has 0 bridgehead atoms. The van der Waals surface area contributed by atoms with Crippen molar-refractivity contribution in [3.63, 3.8) is 0 Å². The number of nitrogens with zero attached hydrogens (tertiary/aromatic N) is 6. The summed E-state index contributed by atoms with van der Waals surface area (Å²) >= 11 is 0. The van der Waals surface area contributed by atoms with Gasteiger partial charge in [-0.3, -0.25) is 9.36 Å². The number of rotatable bonds is 7. The zero-order valence-electron chi connectivity index (χ0n) is 17.1. The van der Waals surface area contributed by atoms with Gasteiger partial charge in [-0.1, -0.05) is 6.92 Å². The Hall–Kier alpha value is -2.70. The van der Waals surface area contributed by atoms with Gasteiger partial charge in [0.2, 0.25) is 0 Å². The van der Waals surface area contributed by atoms with E-state index in [-0.39, 0.29) is 5.92 Å². The molecule has 0 saturated carbocycles. The van der Waals surface area contributed by atoms with Gasteiger partial charge in [0.05, 0.1) is 23.6 Å². The van der Waals surface area contributed by atoms with E-state index in [1.807, 2.05) is 36.9 Å². The van der Waals surface area contributed by atoms with Gasteiger partial charge in [-0.15, -0.1) is 0 Å². The molecule has 3 rings (SSSR count). The molecule has 3 heterocycles. The van der Waals surface area contributed by atoms with Crippen LogP contribution in [0.25, 0.3) is 0 Å². The number of aromatic nitrogens is 6. The number of aryl methyl sites for hydroxylation is 3. The van der Waals surface area contributed by atoms with E-state index < -0.39 is 0 Å². The van der Waals surface area contributed by atoms with E-state index in [4.69, 9.17) is 0 Å². The smallest absolute Gasteiger partial charge is 0.129 e. The van der Waals surface area contributed by atoms with E-state index in [9.17, 15) is 0 Å². The van der Waals surface area contributed by atoms with Gasteiger partial charge in [-0.05, 0) is 46.2 Å². The maximum atomic E-state index is 4.65. The van der Waals surface area contributed by atoms with Gasteiger partial charge in [-0.2, -0.15) is 10.2 Å². The summed E-state index contributed by atoms with van der Waals surface area (Å²) in [5.74, 6) is 1.89. The molecule has 0 aliphatic rings. The second kappa shape index (κ2) is 7.90. The molecule has 7 heteroatoms. The molecule has 0 spiro atoms. The van der Waals surface area contributed by atoms with Crippen molar-refractivity contribution in [2.75, 3.05) is 11.9 Å². The van der Waals surface area contributed by atoms with E-state index in [1.165, 1.54) is 11.3 Å². The Morgan fingerprint density at radius 3 is 2.48 bits per heavy atom. The van der Waals surface area contributed by atoms with Crippen molar-refractivity contribution in [1.29, 1.82) is 0 Å². The lowest BCUT2D eigenvalue weighted by atomic mass is 10.1. The molecule has 1 N–H and O–H groups in total. The van der Waals surface area contributed by atoms with Crippen LogP contribution in [0.2, 0.25) is 0 Å². The second-order valence-corrected chi connectivity index (χ2v) is 7.25. The topological polar surface area (TPSA) is 73.5 Å². The molecule has 3 aromatic rings.